The Morgan fingerprint density at radius 1 is 1.09 bits per heavy atom. The maximum atomic E-state index is 13.1. The molecule has 11 heteroatoms. The molecule has 0 saturated carbocycles. The summed E-state index contributed by atoms with van der Waals surface area (Å²) in [5, 5.41) is 13.5. The Bertz CT molecular complexity index is 1330. The van der Waals surface area contributed by atoms with Gasteiger partial charge in [-0.25, -0.2) is 0 Å². The lowest BCUT2D eigenvalue weighted by Crippen LogP contribution is -2.48. The van der Waals surface area contributed by atoms with Crippen molar-refractivity contribution in [1.29, 1.82) is 0 Å². The van der Waals surface area contributed by atoms with Crippen LogP contribution in [0.4, 0.5) is 0 Å². The van der Waals surface area contributed by atoms with E-state index in [1.54, 1.807) is 31.1 Å². The first-order valence-electron chi connectivity index (χ1n) is 11.2. The molecule has 0 bridgehead atoms. The van der Waals surface area contributed by atoms with Gasteiger partial charge in [-0.2, -0.15) is 14.9 Å². The van der Waals surface area contributed by atoms with Crippen molar-refractivity contribution >= 4 is 17.5 Å². The van der Waals surface area contributed by atoms with E-state index in [1.807, 2.05) is 36.4 Å². The molecule has 0 unspecified atom stereocenters. The molecule has 2 aromatic heterocycles. The lowest BCUT2D eigenvalue weighted by molar-refractivity contribution is 0.0608. The predicted molar refractivity (Wildman–Crippen MR) is 129 cm³/mol. The van der Waals surface area contributed by atoms with Crippen LogP contribution >= 0.6 is 11.6 Å². The molecule has 0 aliphatic carbocycles. The van der Waals surface area contributed by atoms with Gasteiger partial charge in [0.15, 0.2) is 5.69 Å². The SMILES string of the molecule is COc1ccc(-c2noc(CN3CCN(C(=O)c4nn(-c5cccc(Cl)c5)nc4C)CC3)n2)cc1. The number of rotatable bonds is 6. The van der Waals surface area contributed by atoms with E-state index < -0.39 is 0 Å². The molecule has 1 saturated heterocycles. The van der Waals surface area contributed by atoms with E-state index >= 15 is 0 Å². The van der Waals surface area contributed by atoms with Crippen LogP contribution in [0.1, 0.15) is 22.1 Å². The standard InChI is InChI=1S/C24H24ClN7O3/c1-16-22(28-32(27-16)19-5-3-4-18(25)14-19)24(33)31-12-10-30(11-13-31)15-21-26-23(29-35-21)17-6-8-20(34-2)9-7-17/h3-9,14H,10-13,15H2,1-2H3. The Morgan fingerprint density at radius 2 is 1.86 bits per heavy atom. The molecule has 1 aliphatic rings. The molecule has 1 aliphatic heterocycles. The van der Waals surface area contributed by atoms with Crippen molar-refractivity contribution in [2.45, 2.75) is 13.5 Å². The molecule has 0 atom stereocenters. The molecule has 180 valence electrons. The number of aryl methyl sites for hydroxylation is 1. The van der Waals surface area contributed by atoms with Gasteiger partial charge >= 0.3 is 0 Å². The first kappa shape index (κ1) is 23.0. The number of aromatic nitrogens is 5. The highest BCUT2D eigenvalue weighted by atomic mass is 35.5. The summed E-state index contributed by atoms with van der Waals surface area (Å²) in [5.74, 6) is 1.72. The Hall–Kier alpha value is -3.76. The maximum absolute atomic E-state index is 13.1. The number of carbonyl (C=O) groups excluding carboxylic acids is 1. The molecule has 0 spiro atoms. The lowest BCUT2D eigenvalue weighted by Gasteiger charge is -2.33. The van der Waals surface area contributed by atoms with Gasteiger partial charge in [-0.3, -0.25) is 9.69 Å². The molecule has 0 N–H and O–H groups in total. The van der Waals surface area contributed by atoms with Crippen molar-refractivity contribution in [2.75, 3.05) is 33.3 Å². The van der Waals surface area contributed by atoms with E-state index in [0.29, 0.717) is 66.5 Å². The van der Waals surface area contributed by atoms with Gasteiger partial charge in [-0.1, -0.05) is 22.8 Å². The van der Waals surface area contributed by atoms with E-state index in [4.69, 9.17) is 20.9 Å². The van der Waals surface area contributed by atoms with E-state index in [1.165, 1.54) is 4.80 Å². The zero-order valence-corrected chi connectivity index (χ0v) is 20.1. The molecule has 5 rings (SSSR count). The van der Waals surface area contributed by atoms with Crippen LogP contribution in [-0.2, 0) is 6.54 Å². The van der Waals surface area contributed by atoms with Gasteiger partial charge in [-0.05, 0) is 49.4 Å². The highest BCUT2D eigenvalue weighted by Crippen LogP contribution is 2.21. The minimum Gasteiger partial charge on any atom is -0.497 e. The average Bonchev–Trinajstić information content (AvgIpc) is 3.51. The third-order valence-corrected chi connectivity index (χ3v) is 6.09. The monoisotopic (exact) mass is 493 g/mol. The van der Waals surface area contributed by atoms with Gasteiger partial charge < -0.3 is 14.2 Å². The number of halogens is 1. The van der Waals surface area contributed by atoms with Crippen LogP contribution < -0.4 is 4.74 Å². The number of ether oxygens (including phenoxy) is 1. The fraction of sp³-hybridized carbons (Fsp3) is 0.292. The summed E-state index contributed by atoms with van der Waals surface area (Å²) in [7, 11) is 1.63. The topological polar surface area (TPSA) is 102 Å². The van der Waals surface area contributed by atoms with Crippen LogP contribution in [0.25, 0.3) is 17.1 Å². The Balaban J connectivity index is 1.19. The zero-order chi connectivity index (χ0) is 24.4. The van der Waals surface area contributed by atoms with Crippen LogP contribution in [0.15, 0.2) is 53.1 Å². The van der Waals surface area contributed by atoms with E-state index in [9.17, 15) is 4.79 Å². The highest BCUT2D eigenvalue weighted by Gasteiger charge is 2.27. The Labute approximate surface area is 207 Å². The molecule has 35 heavy (non-hydrogen) atoms. The van der Waals surface area contributed by atoms with Gasteiger partial charge in [0, 0.05) is 36.8 Å². The van der Waals surface area contributed by atoms with Gasteiger partial charge in [0.1, 0.15) is 5.75 Å². The molecule has 3 heterocycles. The summed E-state index contributed by atoms with van der Waals surface area (Å²) in [6, 6.07) is 14.7. The number of hydrogen-bond acceptors (Lipinski definition) is 8. The number of hydrogen-bond donors (Lipinski definition) is 0. The summed E-state index contributed by atoms with van der Waals surface area (Å²) in [5.41, 5.74) is 2.49. The summed E-state index contributed by atoms with van der Waals surface area (Å²) >= 11 is 6.07. The number of piperazine rings is 1. The molecule has 0 radical (unpaired) electrons. The van der Waals surface area contributed by atoms with Crippen molar-refractivity contribution in [3.8, 4) is 22.8 Å². The van der Waals surface area contributed by atoms with Crippen molar-refractivity contribution in [3.05, 3.63) is 70.8 Å². The van der Waals surface area contributed by atoms with Crippen molar-refractivity contribution < 1.29 is 14.1 Å². The van der Waals surface area contributed by atoms with Crippen LogP contribution in [0, 0.1) is 6.92 Å². The van der Waals surface area contributed by atoms with E-state index in [-0.39, 0.29) is 5.91 Å². The zero-order valence-electron chi connectivity index (χ0n) is 19.4. The molecule has 1 fully saturated rings. The smallest absolute Gasteiger partial charge is 0.276 e. The van der Waals surface area contributed by atoms with Crippen LogP contribution in [0.2, 0.25) is 5.02 Å². The van der Waals surface area contributed by atoms with Crippen molar-refractivity contribution in [1.82, 2.24) is 34.9 Å². The Kier molecular flexibility index (Phi) is 6.47. The van der Waals surface area contributed by atoms with Gasteiger partial charge in [-0.15, -0.1) is 5.10 Å². The van der Waals surface area contributed by atoms with Crippen LogP contribution in [0.5, 0.6) is 5.75 Å². The average molecular weight is 494 g/mol. The molecule has 2 aromatic carbocycles. The first-order valence-corrected chi connectivity index (χ1v) is 11.6. The fourth-order valence-corrected chi connectivity index (χ4v) is 4.10. The van der Waals surface area contributed by atoms with Crippen LogP contribution in [-0.4, -0.2) is 74.1 Å². The third kappa shape index (κ3) is 5.03. The second-order valence-electron chi connectivity index (χ2n) is 8.21. The summed E-state index contributed by atoms with van der Waals surface area (Å²) < 4.78 is 10.6. The third-order valence-electron chi connectivity index (χ3n) is 5.86. The molecular weight excluding hydrogens is 470 g/mol. The lowest BCUT2D eigenvalue weighted by atomic mass is 10.2. The minimum absolute atomic E-state index is 0.130. The second-order valence-corrected chi connectivity index (χ2v) is 8.65. The number of benzene rings is 2. The van der Waals surface area contributed by atoms with Crippen molar-refractivity contribution in [2.24, 2.45) is 0 Å². The number of carbonyl (C=O) groups is 1. The summed E-state index contributed by atoms with van der Waals surface area (Å²) in [6.07, 6.45) is 0. The maximum Gasteiger partial charge on any atom is 0.276 e. The van der Waals surface area contributed by atoms with E-state index in [2.05, 4.69) is 25.2 Å². The van der Waals surface area contributed by atoms with E-state index in [0.717, 1.165) is 11.3 Å². The number of methoxy groups -OCH3 is 1. The second kappa shape index (κ2) is 9.85. The first-order chi connectivity index (χ1) is 17.0. The number of amides is 1. The van der Waals surface area contributed by atoms with Crippen LogP contribution in [0.3, 0.4) is 0 Å². The van der Waals surface area contributed by atoms with Gasteiger partial charge in [0.25, 0.3) is 5.91 Å². The Morgan fingerprint density at radius 3 is 2.57 bits per heavy atom. The molecule has 4 aromatic rings. The quantitative estimate of drug-likeness (QED) is 0.403. The van der Waals surface area contributed by atoms with Crippen molar-refractivity contribution in [3.63, 3.8) is 0 Å². The fourth-order valence-electron chi connectivity index (χ4n) is 3.92. The van der Waals surface area contributed by atoms with Gasteiger partial charge in [0.05, 0.1) is 25.0 Å². The predicted octanol–water partition coefficient (Wildman–Crippen LogP) is 3.25. The normalized spacial score (nSPS) is 14.3. The molecule has 10 nitrogen and oxygen atoms in total. The molecule has 1 amide bonds. The minimum atomic E-state index is -0.130. The summed E-state index contributed by atoms with van der Waals surface area (Å²) in [6.45, 7) is 4.83. The van der Waals surface area contributed by atoms with Gasteiger partial charge in [0.2, 0.25) is 11.7 Å². The molecular formula is C24H24ClN7O3. The summed E-state index contributed by atoms with van der Waals surface area (Å²) in [4.78, 5) is 23.1. The largest absolute Gasteiger partial charge is 0.497 e. The number of nitrogens with zero attached hydrogens (tertiary/aromatic N) is 7. The highest BCUT2D eigenvalue weighted by molar-refractivity contribution is 6.30.